The van der Waals surface area contributed by atoms with Crippen LogP contribution in [0, 0.1) is 5.41 Å². The molecule has 4 atom stereocenters. The van der Waals surface area contributed by atoms with Crippen LogP contribution < -0.4 is 10.6 Å². The largest absolute Gasteiger partial charge is 0.507 e. The predicted octanol–water partition coefficient (Wildman–Crippen LogP) is 1.62. The summed E-state index contributed by atoms with van der Waals surface area (Å²) in [4.78, 5) is 50.7. The Morgan fingerprint density at radius 2 is 2.00 bits per heavy atom. The zero-order valence-corrected chi connectivity index (χ0v) is 22.7. The van der Waals surface area contributed by atoms with Gasteiger partial charge in [0.25, 0.3) is 5.91 Å². The number of aromatic hydroxyl groups is 1. The van der Waals surface area contributed by atoms with Crippen molar-refractivity contribution in [2.45, 2.75) is 55.1 Å². The molecule has 10 heteroatoms. The van der Waals surface area contributed by atoms with Gasteiger partial charge in [0.2, 0.25) is 12.3 Å². The molecule has 210 valence electrons. The van der Waals surface area contributed by atoms with Crippen LogP contribution in [0.25, 0.3) is 0 Å². The molecule has 40 heavy (non-hydrogen) atoms. The first-order chi connectivity index (χ1) is 19.2. The zero-order valence-electron chi connectivity index (χ0n) is 22.7. The summed E-state index contributed by atoms with van der Waals surface area (Å²) in [5, 5.41) is 24.0. The van der Waals surface area contributed by atoms with Gasteiger partial charge in [-0.05, 0) is 49.1 Å². The van der Waals surface area contributed by atoms with Gasteiger partial charge in [0.15, 0.2) is 0 Å². The Labute approximate surface area is 232 Å². The minimum Gasteiger partial charge on any atom is -0.507 e. The van der Waals surface area contributed by atoms with Crippen LogP contribution in [-0.4, -0.2) is 79.1 Å². The van der Waals surface area contributed by atoms with E-state index in [1.165, 1.54) is 0 Å². The SMILES string of the molecule is COC12CCC(=O)CC13CN(C)C2Cc1ccc(C(=O)NCCc2ccc(C(C=N)C(=O)NC=O)cc2)c(O)c13. The van der Waals surface area contributed by atoms with E-state index in [2.05, 4.69) is 15.5 Å². The molecular formula is C30H34N4O6. The van der Waals surface area contributed by atoms with Crippen molar-refractivity contribution in [2.75, 3.05) is 27.2 Å². The molecule has 0 aromatic heterocycles. The number of amides is 3. The number of rotatable bonds is 9. The van der Waals surface area contributed by atoms with Crippen molar-refractivity contribution in [3.05, 3.63) is 64.2 Å². The highest BCUT2D eigenvalue weighted by Crippen LogP contribution is 2.61. The van der Waals surface area contributed by atoms with Gasteiger partial charge in [0, 0.05) is 56.3 Å². The average Bonchev–Trinajstić information content (AvgIpc) is 3.09. The third kappa shape index (κ3) is 4.22. The molecule has 2 aromatic rings. The van der Waals surface area contributed by atoms with Crippen LogP contribution in [0.4, 0.5) is 0 Å². The fourth-order valence-corrected chi connectivity index (χ4v) is 7.35. The van der Waals surface area contributed by atoms with Crippen LogP contribution in [0.3, 0.4) is 0 Å². The highest BCUT2D eigenvalue weighted by molar-refractivity contribution is 6.02. The molecule has 3 amide bonds. The number of likely N-dealkylation sites (N-methyl/N-ethyl adjacent to an activating group) is 1. The summed E-state index contributed by atoms with van der Waals surface area (Å²) in [6, 6.07) is 10.7. The molecule has 4 unspecified atom stereocenters. The van der Waals surface area contributed by atoms with Crippen LogP contribution in [0.2, 0.25) is 0 Å². The molecule has 1 saturated carbocycles. The van der Waals surface area contributed by atoms with Crippen molar-refractivity contribution in [2.24, 2.45) is 0 Å². The lowest BCUT2D eigenvalue weighted by Crippen LogP contribution is -2.62. The number of carbonyl (C=O) groups is 4. The van der Waals surface area contributed by atoms with E-state index in [-0.39, 0.29) is 29.6 Å². The van der Waals surface area contributed by atoms with E-state index in [0.29, 0.717) is 56.3 Å². The number of imide groups is 1. The Balaban J connectivity index is 1.32. The van der Waals surface area contributed by atoms with E-state index in [9.17, 15) is 24.3 Å². The van der Waals surface area contributed by atoms with Crippen LogP contribution in [0.15, 0.2) is 36.4 Å². The number of ether oxygens (including phenoxy) is 1. The second-order valence-electron chi connectivity index (χ2n) is 11.0. The number of fused-ring (bicyclic) bond motifs is 1. The van der Waals surface area contributed by atoms with Gasteiger partial charge in [-0.15, -0.1) is 0 Å². The molecule has 2 fully saturated rings. The molecule has 1 aliphatic heterocycles. The highest BCUT2D eigenvalue weighted by Gasteiger charge is 2.69. The van der Waals surface area contributed by atoms with Crippen molar-refractivity contribution >= 4 is 30.2 Å². The van der Waals surface area contributed by atoms with E-state index >= 15 is 0 Å². The monoisotopic (exact) mass is 546 g/mol. The third-order valence-electron chi connectivity index (χ3n) is 9.13. The molecule has 2 aromatic carbocycles. The van der Waals surface area contributed by atoms with Gasteiger partial charge in [0.1, 0.15) is 11.5 Å². The summed E-state index contributed by atoms with van der Waals surface area (Å²) in [6.07, 6.45) is 3.77. The quantitative estimate of drug-likeness (QED) is 0.276. The number of benzene rings is 2. The summed E-state index contributed by atoms with van der Waals surface area (Å²) in [5.74, 6) is -1.77. The standard InChI is InChI=1S/C30H34N4O6/c1-34-16-29-14-21(36)9-11-30(29,40-2)24(34)13-20-7-8-22(26(37)25(20)29)27(38)32-12-10-18-3-5-19(6-4-18)23(15-31)28(39)33-17-35/h3-8,15,17,23-24,31,37H,9-14,16H2,1-2H3,(H,32,38)(H,33,35,39). The normalized spacial score (nSPS) is 25.9. The second-order valence-corrected chi connectivity index (χ2v) is 11.0. The van der Waals surface area contributed by atoms with E-state index in [1.54, 1.807) is 37.4 Å². The van der Waals surface area contributed by atoms with Gasteiger partial charge in [-0.25, -0.2) is 0 Å². The fraction of sp³-hybridized carbons (Fsp3) is 0.433. The van der Waals surface area contributed by atoms with Crippen LogP contribution in [-0.2, 0) is 37.4 Å². The van der Waals surface area contributed by atoms with E-state index in [0.717, 1.165) is 17.3 Å². The topological polar surface area (TPSA) is 149 Å². The third-order valence-corrected chi connectivity index (χ3v) is 9.13. The number of nitrogens with zero attached hydrogens (tertiary/aromatic N) is 1. The molecule has 0 radical (unpaired) electrons. The number of likely N-dealkylation sites (tertiary alicyclic amines) is 1. The zero-order chi connectivity index (χ0) is 28.7. The number of methoxy groups -OCH3 is 1. The highest BCUT2D eigenvalue weighted by atomic mass is 16.5. The first-order valence-electron chi connectivity index (χ1n) is 13.5. The van der Waals surface area contributed by atoms with Crippen LogP contribution in [0.5, 0.6) is 5.75 Å². The Kier molecular flexibility index (Phi) is 7.32. The smallest absolute Gasteiger partial charge is 0.255 e. The van der Waals surface area contributed by atoms with Gasteiger partial charge in [-0.1, -0.05) is 30.3 Å². The minimum atomic E-state index is -0.864. The number of phenols is 1. The van der Waals surface area contributed by atoms with Gasteiger partial charge in [-0.2, -0.15) is 0 Å². The van der Waals surface area contributed by atoms with Crippen LogP contribution in [0.1, 0.15) is 57.8 Å². The number of hydrogen-bond donors (Lipinski definition) is 4. The summed E-state index contributed by atoms with van der Waals surface area (Å²) in [6.45, 7) is 0.888. The lowest BCUT2D eigenvalue weighted by molar-refractivity contribution is -0.139. The number of hydrogen-bond acceptors (Lipinski definition) is 8. The summed E-state index contributed by atoms with van der Waals surface area (Å²) >= 11 is 0. The number of nitrogens with one attached hydrogen (secondary N) is 3. The fourth-order valence-electron chi connectivity index (χ4n) is 7.35. The maximum atomic E-state index is 13.2. The van der Waals surface area contributed by atoms with Crippen molar-refractivity contribution in [1.29, 1.82) is 5.41 Å². The maximum absolute atomic E-state index is 13.2. The molecule has 0 spiro atoms. The van der Waals surface area contributed by atoms with E-state index in [4.69, 9.17) is 10.1 Å². The lowest BCUT2D eigenvalue weighted by Gasteiger charge is -2.53. The Morgan fingerprint density at radius 3 is 2.67 bits per heavy atom. The number of Topliss-reactive ketones (excluding diaryl/α,β-unsaturated/α-hetero) is 1. The first-order valence-corrected chi connectivity index (χ1v) is 13.5. The average molecular weight is 547 g/mol. The minimum absolute atomic E-state index is 0.0736. The summed E-state index contributed by atoms with van der Waals surface area (Å²) in [7, 11) is 3.72. The predicted molar refractivity (Wildman–Crippen MR) is 147 cm³/mol. The Morgan fingerprint density at radius 1 is 1.25 bits per heavy atom. The van der Waals surface area contributed by atoms with Crippen molar-refractivity contribution in [1.82, 2.24) is 15.5 Å². The molecule has 1 saturated heterocycles. The molecule has 5 rings (SSSR count). The van der Waals surface area contributed by atoms with Crippen molar-refractivity contribution in [3.8, 4) is 5.75 Å². The van der Waals surface area contributed by atoms with Gasteiger partial charge >= 0.3 is 0 Å². The lowest BCUT2D eigenvalue weighted by atomic mass is 9.54. The second kappa shape index (κ2) is 10.6. The molecule has 10 nitrogen and oxygen atoms in total. The van der Waals surface area contributed by atoms with Crippen molar-refractivity contribution in [3.63, 3.8) is 0 Å². The Hall–Kier alpha value is -3.89. The molecule has 2 bridgehead atoms. The van der Waals surface area contributed by atoms with Gasteiger partial charge < -0.3 is 20.6 Å². The van der Waals surface area contributed by atoms with Crippen molar-refractivity contribution < 1.29 is 29.0 Å². The molecule has 1 heterocycles. The molecule has 2 aliphatic carbocycles. The number of ketones is 1. The van der Waals surface area contributed by atoms with Crippen LogP contribution >= 0.6 is 0 Å². The first kappa shape index (κ1) is 27.7. The molecular weight excluding hydrogens is 512 g/mol. The number of phenolic OH excluding ortho intramolecular Hbond substituents is 1. The summed E-state index contributed by atoms with van der Waals surface area (Å²) in [5.41, 5.74) is 1.99. The summed E-state index contributed by atoms with van der Waals surface area (Å²) < 4.78 is 6.21. The Bertz CT molecular complexity index is 1370. The van der Waals surface area contributed by atoms with E-state index in [1.807, 2.05) is 13.1 Å². The van der Waals surface area contributed by atoms with Gasteiger partial charge in [-0.3, -0.25) is 29.4 Å². The van der Waals surface area contributed by atoms with E-state index < -0.39 is 28.7 Å². The molecule has 3 aliphatic rings. The maximum Gasteiger partial charge on any atom is 0.255 e. The molecule has 4 N–H and O–H groups in total. The van der Waals surface area contributed by atoms with Gasteiger partial charge in [0.05, 0.1) is 17.1 Å². The number of carbonyl (C=O) groups excluding carboxylic acids is 4.